The summed E-state index contributed by atoms with van der Waals surface area (Å²) in [6, 6.07) is 9.87. The normalized spacial score (nSPS) is 40.1. The standard InChI is InChI=1S/C27H36ClNO4Se/c1-24(2,3)33-23(31)29-18-14-17(20(29)21(19(18)28)34-16-10-8-7-9-11-16)22(30)27-13-12-26(6,15-32-27)25(27,4)5/h7-11,17-21H,12-15H2,1-6H3/t17-,18-,19+,20+,21-,26+,27-/m0/s1. The molecule has 4 aliphatic rings. The number of ketones is 1. The third-order valence-electron chi connectivity index (χ3n) is 9.14. The molecule has 1 amide bonds. The summed E-state index contributed by atoms with van der Waals surface area (Å²) < 4.78 is 13.4. The topological polar surface area (TPSA) is 55.8 Å². The number of benzene rings is 1. The van der Waals surface area contributed by atoms with Crippen LogP contribution in [0.5, 0.6) is 0 Å². The van der Waals surface area contributed by atoms with E-state index in [1.54, 1.807) is 0 Å². The van der Waals surface area contributed by atoms with Gasteiger partial charge < -0.3 is 0 Å². The first kappa shape index (κ1) is 24.6. The van der Waals surface area contributed by atoms with E-state index in [4.69, 9.17) is 21.1 Å². The number of hydrogen-bond donors (Lipinski definition) is 0. The molecule has 3 saturated heterocycles. The van der Waals surface area contributed by atoms with E-state index in [9.17, 15) is 9.59 Å². The number of hydrogen-bond acceptors (Lipinski definition) is 4. The minimum absolute atomic E-state index is 0.00747. The summed E-state index contributed by atoms with van der Waals surface area (Å²) in [5.74, 6) is -0.0972. The third kappa shape index (κ3) is 3.43. The van der Waals surface area contributed by atoms with Gasteiger partial charge in [0.2, 0.25) is 0 Å². The number of amides is 1. The van der Waals surface area contributed by atoms with Gasteiger partial charge in [-0.15, -0.1) is 0 Å². The van der Waals surface area contributed by atoms with Crippen LogP contribution in [0.4, 0.5) is 4.79 Å². The Labute approximate surface area is 214 Å². The molecular weight excluding hydrogens is 517 g/mol. The zero-order valence-corrected chi connectivity index (χ0v) is 23.4. The first-order valence-electron chi connectivity index (χ1n) is 12.4. The predicted molar refractivity (Wildman–Crippen MR) is 134 cm³/mol. The van der Waals surface area contributed by atoms with Crippen LogP contribution in [-0.4, -0.2) is 67.0 Å². The first-order chi connectivity index (χ1) is 15.8. The summed E-state index contributed by atoms with van der Waals surface area (Å²) in [6.45, 7) is 12.9. The molecule has 4 bridgehead atoms. The van der Waals surface area contributed by atoms with Crippen LogP contribution in [0.2, 0.25) is 4.82 Å². The number of carbonyl (C=O) groups is 2. The average molecular weight is 553 g/mol. The van der Waals surface area contributed by atoms with Crippen molar-refractivity contribution in [2.75, 3.05) is 6.61 Å². The molecule has 5 rings (SSSR count). The van der Waals surface area contributed by atoms with E-state index >= 15 is 0 Å². The van der Waals surface area contributed by atoms with Gasteiger partial charge in [-0.2, -0.15) is 0 Å². The van der Waals surface area contributed by atoms with E-state index in [0.717, 1.165) is 12.8 Å². The van der Waals surface area contributed by atoms with E-state index in [0.29, 0.717) is 13.0 Å². The Bertz CT molecular complexity index is 982. The number of fused-ring (bicyclic) bond motifs is 4. The summed E-state index contributed by atoms with van der Waals surface area (Å²) in [5.41, 5.74) is -1.62. The number of alkyl halides is 1. The number of ether oxygens (including phenoxy) is 2. The van der Waals surface area contributed by atoms with E-state index in [1.807, 2.05) is 43.9 Å². The van der Waals surface area contributed by atoms with Crippen LogP contribution < -0.4 is 4.46 Å². The molecule has 186 valence electrons. The van der Waals surface area contributed by atoms with Crippen LogP contribution in [0.3, 0.4) is 0 Å². The van der Waals surface area contributed by atoms with Crippen LogP contribution in [0, 0.1) is 16.7 Å². The monoisotopic (exact) mass is 553 g/mol. The third-order valence-corrected chi connectivity index (χ3v) is 13.0. The molecule has 3 aliphatic heterocycles. The van der Waals surface area contributed by atoms with Crippen molar-refractivity contribution < 1.29 is 19.1 Å². The molecule has 4 fully saturated rings. The number of halogens is 1. The Kier molecular flexibility index (Phi) is 5.77. The molecule has 34 heavy (non-hydrogen) atoms. The molecule has 7 heteroatoms. The number of carbonyl (C=O) groups excluding carboxylic acids is 2. The van der Waals surface area contributed by atoms with Crippen molar-refractivity contribution in [3.05, 3.63) is 30.3 Å². The number of Topliss-reactive ketones (excluding diaryl/α,β-unsaturated/α-hetero) is 1. The van der Waals surface area contributed by atoms with Gasteiger partial charge in [-0.05, 0) is 0 Å². The van der Waals surface area contributed by atoms with Gasteiger partial charge in [-0.3, -0.25) is 0 Å². The molecule has 5 nitrogen and oxygen atoms in total. The van der Waals surface area contributed by atoms with Gasteiger partial charge in [0, 0.05) is 0 Å². The van der Waals surface area contributed by atoms with E-state index < -0.39 is 11.2 Å². The SMILES string of the molecule is CC(C)(C)OC(=O)N1[C@H]2[C@@H]([Se]c3ccccc3)[C@H](Cl)[C@@H]1C[C@@H]2C(=O)[C@]12CC[C@](C)(CO1)C2(C)C. The summed E-state index contributed by atoms with van der Waals surface area (Å²) in [6.07, 6.45) is 2.00. The van der Waals surface area contributed by atoms with E-state index in [2.05, 4.69) is 32.9 Å². The molecule has 0 N–H and O–H groups in total. The molecule has 0 spiro atoms. The second-order valence-corrected chi connectivity index (χ2v) is 15.4. The van der Waals surface area contributed by atoms with Crippen LogP contribution in [0.15, 0.2) is 30.3 Å². The Hall–Kier alpha value is -1.07. The molecule has 0 unspecified atom stereocenters. The van der Waals surface area contributed by atoms with Crippen LogP contribution in [0.1, 0.15) is 60.8 Å². The maximum absolute atomic E-state index is 14.4. The summed E-state index contributed by atoms with van der Waals surface area (Å²) >= 11 is 7.07. The Morgan fingerprint density at radius 2 is 1.82 bits per heavy atom. The summed E-state index contributed by atoms with van der Waals surface area (Å²) in [4.78, 5) is 29.7. The predicted octanol–water partition coefficient (Wildman–Crippen LogP) is 4.58. The van der Waals surface area contributed by atoms with Crippen LogP contribution in [0.25, 0.3) is 0 Å². The molecule has 0 aromatic heterocycles. The summed E-state index contributed by atoms with van der Waals surface area (Å²) in [7, 11) is 0. The molecule has 1 aromatic rings. The van der Waals surface area contributed by atoms with Gasteiger partial charge in [-0.1, -0.05) is 0 Å². The van der Waals surface area contributed by atoms with Crippen LogP contribution in [-0.2, 0) is 14.3 Å². The van der Waals surface area contributed by atoms with Crippen molar-refractivity contribution in [3.63, 3.8) is 0 Å². The van der Waals surface area contributed by atoms with Crippen molar-refractivity contribution >= 4 is 42.9 Å². The summed E-state index contributed by atoms with van der Waals surface area (Å²) in [5, 5.41) is -0.189. The zero-order chi connectivity index (χ0) is 24.7. The van der Waals surface area contributed by atoms with Crippen molar-refractivity contribution in [1.82, 2.24) is 4.90 Å². The molecule has 3 heterocycles. The first-order valence-corrected chi connectivity index (χ1v) is 14.6. The van der Waals surface area contributed by atoms with Gasteiger partial charge in [0.1, 0.15) is 0 Å². The van der Waals surface area contributed by atoms with Gasteiger partial charge in [0.15, 0.2) is 0 Å². The molecule has 0 radical (unpaired) electrons. The fourth-order valence-corrected chi connectivity index (χ4v) is 10.4. The van der Waals surface area contributed by atoms with Crippen molar-refractivity contribution in [3.8, 4) is 0 Å². The second-order valence-electron chi connectivity index (χ2n) is 12.3. The average Bonchev–Trinajstić information content (AvgIpc) is 3.39. The molecule has 1 aromatic carbocycles. The number of rotatable bonds is 4. The number of nitrogens with zero attached hydrogens (tertiary/aromatic N) is 1. The Balaban J connectivity index is 1.50. The Morgan fingerprint density at radius 3 is 2.35 bits per heavy atom. The molecule has 7 atom stereocenters. The Morgan fingerprint density at radius 1 is 1.15 bits per heavy atom. The van der Waals surface area contributed by atoms with Gasteiger partial charge in [0.25, 0.3) is 0 Å². The molecule has 1 saturated carbocycles. The van der Waals surface area contributed by atoms with Gasteiger partial charge in [0.05, 0.1) is 0 Å². The van der Waals surface area contributed by atoms with Crippen molar-refractivity contribution in [2.45, 2.75) is 94.3 Å². The van der Waals surface area contributed by atoms with Gasteiger partial charge in [-0.25, -0.2) is 0 Å². The van der Waals surface area contributed by atoms with Crippen LogP contribution >= 0.6 is 11.6 Å². The van der Waals surface area contributed by atoms with Crippen molar-refractivity contribution in [1.29, 1.82) is 0 Å². The molecular formula is C27H36ClNO4Se. The quantitative estimate of drug-likeness (QED) is 0.405. The zero-order valence-electron chi connectivity index (χ0n) is 21.0. The second kappa shape index (κ2) is 7.96. The van der Waals surface area contributed by atoms with E-state index in [1.165, 1.54) is 4.46 Å². The van der Waals surface area contributed by atoms with Gasteiger partial charge >= 0.3 is 215 Å². The maximum atomic E-state index is 14.4. The molecule has 1 aliphatic carbocycles. The minimum atomic E-state index is -0.775. The fraction of sp³-hybridized carbons (Fsp3) is 0.704. The van der Waals surface area contributed by atoms with E-state index in [-0.39, 0.29) is 65.9 Å². The van der Waals surface area contributed by atoms with Crippen molar-refractivity contribution in [2.24, 2.45) is 16.7 Å². The fourth-order valence-electron chi connectivity index (χ4n) is 6.78.